The Morgan fingerprint density at radius 1 is 1.24 bits per heavy atom. The number of nitrogens with one attached hydrogen (secondary N) is 2. The summed E-state index contributed by atoms with van der Waals surface area (Å²) in [5.74, 6) is 2.54. The first-order chi connectivity index (χ1) is 13.5. The molecule has 1 atom stereocenters. The number of halogens is 1. The van der Waals surface area contributed by atoms with Gasteiger partial charge in [0.1, 0.15) is 11.5 Å². The number of likely N-dealkylation sites (N-methyl/N-ethyl adjacent to an activating group) is 1. The molecule has 1 aromatic carbocycles. The lowest BCUT2D eigenvalue weighted by atomic mass is 10.1. The lowest BCUT2D eigenvalue weighted by Crippen LogP contribution is -2.41. The molecule has 2 rings (SSSR count). The zero-order chi connectivity index (χ0) is 20.5. The zero-order valence-electron chi connectivity index (χ0n) is 18.3. The number of rotatable bonds is 9. The number of methoxy groups -OCH3 is 1. The maximum atomic E-state index is 5.44. The SMILES string of the molecule is CCc1noc(CC)c1CNC(=NC)NCC(c1cccc(OC)c1)N(C)C.I. The van der Waals surface area contributed by atoms with E-state index in [4.69, 9.17) is 9.26 Å². The third kappa shape index (κ3) is 6.88. The van der Waals surface area contributed by atoms with Crippen LogP contribution in [0, 0.1) is 0 Å². The van der Waals surface area contributed by atoms with Crippen molar-refractivity contribution in [2.75, 3.05) is 34.8 Å². The first kappa shape index (κ1) is 25.2. The zero-order valence-corrected chi connectivity index (χ0v) is 20.6. The van der Waals surface area contributed by atoms with Crippen LogP contribution in [0.3, 0.4) is 0 Å². The molecule has 0 bridgehead atoms. The van der Waals surface area contributed by atoms with Crippen molar-refractivity contribution in [1.82, 2.24) is 20.7 Å². The average Bonchev–Trinajstić information content (AvgIpc) is 3.12. The Hall–Kier alpha value is -1.81. The van der Waals surface area contributed by atoms with Crippen LogP contribution in [0.2, 0.25) is 0 Å². The Balaban J connectivity index is 0.00000420. The highest BCUT2D eigenvalue weighted by Gasteiger charge is 2.17. The molecule has 0 amide bonds. The van der Waals surface area contributed by atoms with E-state index in [-0.39, 0.29) is 30.0 Å². The predicted molar refractivity (Wildman–Crippen MR) is 128 cm³/mol. The van der Waals surface area contributed by atoms with E-state index in [1.807, 2.05) is 12.1 Å². The molecule has 162 valence electrons. The van der Waals surface area contributed by atoms with Crippen LogP contribution in [0.15, 0.2) is 33.8 Å². The summed E-state index contributed by atoms with van der Waals surface area (Å²) in [7, 11) is 7.61. The minimum atomic E-state index is 0. The fraction of sp³-hybridized carbons (Fsp3) is 0.524. The first-order valence-electron chi connectivity index (χ1n) is 9.75. The van der Waals surface area contributed by atoms with Crippen molar-refractivity contribution >= 4 is 29.9 Å². The first-order valence-corrected chi connectivity index (χ1v) is 9.75. The van der Waals surface area contributed by atoms with Crippen molar-refractivity contribution in [3.05, 3.63) is 46.8 Å². The van der Waals surface area contributed by atoms with Crippen LogP contribution in [0.1, 0.15) is 42.5 Å². The van der Waals surface area contributed by atoms with E-state index < -0.39 is 0 Å². The molecule has 7 nitrogen and oxygen atoms in total. The van der Waals surface area contributed by atoms with Crippen LogP contribution in [0.4, 0.5) is 0 Å². The van der Waals surface area contributed by atoms with Gasteiger partial charge in [-0.25, -0.2) is 0 Å². The summed E-state index contributed by atoms with van der Waals surface area (Å²) in [4.78, 5) is 6.54. The highest BCUT2D eigenvalue weighted by atomic mass is 127. The molecule has 0 fully saturated rings. The summed E-state index contributed by atoms with van der Waals surface area (Å²) in [6.07, 6.45) is 1.68. The number of ether oxygens (including phenoxy) is 1. The molecule has 1 aromatic heterocycles. The number of hydrogen-bond acceptors (Lipinski definition) is 5. The van der Waals surface area contributed by atoms with Crippen LogP contribution in [-0.4, -0.2) is 50.8 Å². The minimum Gasteiger partial charge on any atom is -0.497 e. The molecule has 0 saturated heterocycles. The van der Waals surface area contributed by atoms with Gasteiger partial charge in [0.2, 0.25) is 0 Å². The van der Waals surface area contributed by atoms with Crippen molar-refractivity contribution in [3.8, 4) is 5.75 Å². The molecule has 0 saturated carbocycles. The van der Waals surface area contributed by atoms with Gasteiger partial charge in [0, 0.05) is 32.1 Å². The molecule has 29 heavy (non-hydrogen) atoms. The Kier molecular flexibility index (Phi) is 11.0. The summed E-state index contributed by atoms with van der Waals surface area (Å²) in [6, 6.07) is 8.34. The topological polar surface area (TPSA) is 74.9 Å². The monoisotopic (exact) mass is 515 g/mol. The van der Waals surface area contributed by atoms with Gasteiger partial charge in [0.25, 0.3) is 0 Å². The van der Waals surface area contributed by atoms with Gasteiger partial charge in [0.05, 0.1) is 18.8 Å². The average molecular weight is 515 g/mol. The Labute approximate surface area is 191 Å². The summed E-state index contributed by atoms with van der Waals surface area (Å²) < 4.78 is 10.8. The smallest absolute Gasteiger partial charge is 0.191 e. The second kappa shape index (κ2) is 12.7. The van der Waals surface area contributed by atoms with Gasteiger partial charge >= 0.3 is 0 Å². The van der Waals surface area contributed by atoms with E-state index in [0.717, 1.165) is 41.6 Å². The fourth-order valence-electron chi connectivity index (χ4n) is 3.17. The Morgan fingerprint density at radius 2 is 2.00 bits per heavy atom. The lowest BCUT2D eigenvalue weighted by molar-refractivity contribution is 0.297. The Morgan fingerprint density at radius 3 is 2.59 bits per heavy atom. The van der Waals surface area contributed by atoms with Crippen LogP contribution in [0.5, 0.6) is 5.75 Å². The van der Waals surface area contributed by atoms with Crippen molar-refractivity contribution in [3.63, 3.8) is 0 Å². The number of guanidine groups is 1. The normalized spacial score (nSPS) is 12.4. The van der Waals surface area contributed by atoms with Crippen LogP contribution < -0.4 is 15.4 Å². The second-order valence-electron chi connectivity index (χ2n) is 6.80. The summed E-state index contributed by atoms with van der Waals surface area (Å²) in [5.41, 5.74) is 3.32. The third-order valence-corrected chi connectivity index (χ3v) is 4.83. The van der Waals surface area contributed by atoms with E-state index >= 15 is 0 Å². The van der Waals surface area contributed by atoms with Crippen molar-refractivity contribution in [1.29, 1.82) is 0 Å². The van der Waals surface area contributed by atoms with Gasteiger partial charge in [-0.05, 0) is 38.2 Å². The molecular weight excluding hydrogens is 481 g/mol. The highest BCUT2D eigenvalue weighted by Crippen LogP contribution is 2.22. The standard InChI is InChI=1S/C21H33N5O2.HI/c1-7-18-17(20(8-2)28-25-18)13-23-21(22-3)24-14-19(26(4)5)15-10-9-11-16(12-15)27-6;/h9-12,19H,7-8,13-14H2,1-6H3,(H2,22,23,24);1H. The van der Waals surface area contributed by atoms with Gasteiger partial charge in [0.15, 0.2) is 5.96 Å². The number of nitrogens with zero attached hydrogens (tertiary/aromatic N) is 3. The number of aryl methyl sites for hydroxylation is 2. The number of benzene rings is 1. The lowest BCUT2D eigenvalue weighted by Gasteiger charge is -2.26. The number of hydrogen-bond donors (Lipinski definition) is 2. The van der Waals surface area contributed by atoms with E-state index in [1.54, 1.807) is 14.2 Å². The van der Waals surface area contributed by atoms with Crippen LogP contribution >= 0.6 is 24.0 Å². The van der Waals surface area contributed by atoms with Crippen molar-refractivity contribution in [2.45, 2.75) is 39.3 Å². The van der Waals surface area contributed by atoms with Gasteiger partial charge in [-0.2, -0.15) is 0 Å². The number of aromatic nitrogens is 1. The largest absolute Gasteiger partial charge is 0.497 e. The second-order valence-corrected chi connectivity index (χ2v) is 6.80. The molecule has 1 heterocycles. The molecule has 8 heteroatoms. The maximum absolute atomic E-state index is 5.44. The fourth-order valence-corrected chi connectivity index (χ4v) is 3.17. The van der Waals surface area contributed by atoms with Gasteiger partial charge < -0.3 is 24.8 Å². The number of aliphatic imine (C=N–C) groups is 1. The third-order valence-electron chi connectivity index (χ3n) is 4.83. The van der Waals surface area contributed by atoms with E-state index in [2.05, 4.69) is 65.8 Å². The highest BCUT2D eigenvalue weighted by molar-refractivity contribution is 14.0. The van der Waals surface area contributed by atoms with E-state index in [9.17, 15) is 0 Å². The van der Waals surface area contributed by atoms with Gasteiger partial charge in [-0.3, -0.25) is 4.99 Å². The molecule has 0 aliphatic rings. The van der Waals surface area contributed by atoms with E-state index in [1.165, 1.54) is 5.56 Å². The van der Waals surface area contributed by atoms with Gasteiger partial charge in [-0.1, -0.05) is 31.1 Å². The quantitative estimate of drug-likeness (QED) is 0.303. The minimum absolute atomic E-state index is 0. The van der Waals surface area contributed by atoms with Crippen LogP contribution in [0.25, 0.3) is 0 Å². The molecular formula is C21H34IN5O2. The van der Waals surface area contributed by atoms with Crippen LogP contribution in [-0.2, 0) is 19.4 Å². The van der Waals surface area contributed by atoms with Crippen molar-refractivity contribution < 1.29 is 9.26 Å². The molecule has 2 aromatic rings. The predicted octanol–water partition coefficient (Wildman–Crippen LogP) is 3.39. The maximum Gasteiger partial charge on any atom is 0.191 e. The summed E-state index contributed by atoms with van der Waals surface area (Å²) >= 11 is 0. The molecule has 0 aliphatic heterocycles. The summed E-state index contributed by atoms with van der Waals surface area (Å²) in [5, 5.41) is 11.0. The van der Waals surface area contributed by atoms with Crippen molar-refractivity contribution in [2.24, 2.45) is 4.99 Å². The molecule has 0 aliphatic carbocycles. The molecule has 0 radical (unpaired) electrons. The molecule has 0 spiro atoms. The molecule has 1 unspecified atom stereocenters. The Bertz CT molecular complexity index is 755. The summed E-state index contributed by atoms with van der Waals surface area (Å²) in [6.45, 7) is 5.52. The van der Waals surface area contributed by atoms with E-state index in [0.29, 0.717) is 13.1 Å². The van der Waals surface area contributed by atoms with Gasteiger partial charge in [-0.15, -0.1) is 24.0 Å². The molecule has 2 N–H and O–H groups in total.